The minimum absolute atomic E-state index is 0.149. The number of hydrogen-bond acceptors (Lipinski definition) is 8. The smallest absolute Gasteiger partial charge is 0.258 e. The number of hydrogen-bond donors (Lipinski definition) is 1. The quantitative estimate of drug-likeness (QED) is 0.413. The third-order valence-electron chi connectivity index (χ3n) is 5.93. The van der Waals surface area contributed by atoms with Gasteiger partial charge in [-0.1, -0.05) is 12.1 Å². The Hall–Kier alpha value is -3.34. The summed E-state index contributed by atoms with van der Waals surface area (Å²) in [4.78, 5) is 39.8. The van der Waals surface area contributed by atoms with Crippen molar-refractivity contribution in [2.24, 2.45) is 0 Å². The minimum atomic E-state index is -0.390. The molecule has 1 amide bonds. The molecule has 0 atom stereocenters. The van der Waals surface area contributed by atoms with Crippen LogP contribution in [0.3, 0.4) is 0 Å². The summed E-state index contributed by atoms with van der Waals surface area (Å²) in [6.45, 7) is 5.04. The van der Waals surface area contributed by atoms with Crippen LogP contribution in [0.15, 0.2) is 47.4 Å². The van der Waals surface area contributed by atoms with Crippen LogP contribution >= 0.6 is 22.7 Å². The number of carbonyl (C=O) groups excluding carboxylic acids is 1. The first-order valence-corrected chi connectivity index (χ1v) is 12.6. The monoisotopic (exact) mass is 491 g/mol. The van der Waals surface area contributed by atoms with Crippen LogP contribution in [0.1, 0.15) is 20.2 Å². The van der Waals surface area contributed by atoms with Crippen molar-refractivity contribution in [3.63, 3.8) is 0 Å². The van der Waals surface area contributed by atoms with Crippen molar-refractivity contribution >= 4 is 60.5 Å². The van der Waals surface area contributed by atoms with Gasteiger partial charge < -0.3 is 15.0 Å². The zero-order chi connectivity index (χ0) is 23.2. The Morgan fingerprint density at radius 3 is 2.76 bits per heavy atom. The molecule has 6 rings (SSSR count). The Balaban J connectivity index is 1.54. The van der Waals surface area contributed by atoms with E-state index < -0.39 is 0 Å². The molecule has 5 heterocycles. The van der Waals surface area contributed by atoms with Crippen LogP contribution in [0.2, 0.25) is 0 Å². The summed E-state index contributed by atoms with van der Waals surface area (Å²) in [6, 6.07) is 11.5. The molecule has 1 aliphatic heterocycles. The SMILES string of the molecule is Cc1ncc(CNC(=O)c2c(=O)c3ccc(N4CCOCC4)nc3n3c2sc2ccccc23)s1. The maximum absolute atomic E-state index is 13.6. The molecule has 1 saturated heterocycles. The number of para-hydroxylation sites is 1. The van der Waals surface area contributed by atoms with E-state index in [0.717, 1.165) is 39.0 Å². The molecule has 1 aromatic carbocycles. The van der Waals surface area contributed by atoms with Crippen molar-refractivity contribution in [3.05, 3.63) is 68.3 Å². The van der Waals surface area contributed by atoms with Gasteiger partial charge in [-0.2, -0.15) is 0 Å². The molecule has 0 aliphatic carbocycles. The van der Waals surface area contributed by atoms with E-state index in [1.54, 1.807) is 12.3 Å². The van der Waals surface area contributed by atoms with E-state index >= 15 is 0 Å². The van der Waals surface area contributed by atoms with Gasteiger partial charge in [-0.15, -0.1) is 22.7 Å². The predicted octanol–water partition coefficient (Wildman–Crippen LogP) is 3.59. The lowest BCUT2D eigenvalue weighted by molar-refractivity contribution is 0.0952. The van der Waals surface area contributed by atoms with Crippen molar-refractivity contribution in [2.45, 2.75) is 13.5 Å². The Morgan fingerprint density at radius 1 is 1.15 bits per heavy atom. The van der Waals surface area contributed by atoms with E-state index in [-0.39, 0.29) is 16.9 Å². The lowest BCUT2D eigenvalue weighted by Gasteiger charge is -2.27. The van der Waals surface area contributed by atoms with Gasteiger partial charge in [0.1, 0.15) is 16.2 Å². The molecule has 0 radical (unpaired) electrons. The highest BCUT2D eigenvalue weighted by Gasteiger charge is 2.23. The van der Waals surface area contributed by atoms with E-state index in [1.807, 2.05) is 41.7 Å². The number of nitrogens with zero attached hydrogens (tertiary/aromatic N) is 4. The maximum atomic E-state index is 13.6. The van der Waals surface area contributed by atoms with Crippen LogP contribution in [-0.2, 0) is 11.3 Å². The van der Waals surface area contributed by atoms with Crippen molar-refractivity contribution < 1.29 is 9.53 Å². The molecule has 8 nitrogen and oxygen atoms in total. The molecular weight excluding hydrogens is 470 g/mol. The summed E-state index contributed by atoms with van der Waals surface area (Å²) >= 11 is 2.96. The normalized spacial score (nSPS) is 14.3. The van der Waals surface area contributed by atoms with Gasteiger partial charge in [0.15, 0.2) is 5.65 Å². The highest BCUT2D eigenvalue weighted by atomic mass is 32.1. The highest BCUT2D eigenvalue weighted by Crippen LogP contribution is 2.31. The van der Waals surface area contributed by atoms with Crippen LogP contribution in [0.25, 0.3) is 26.1 Å². The van der Waals surface area contributed by atoms with Gasteiger partial charge in [0.05, 0.1) is 40.4 Å². The first kappa shape index (κ1) is 21.2. The molecular formula is C24H21N5O3S2. The van der Waals surface area contributed by atoms with Crippen molar-refractivity contribution in [1.29, 1.82) is 0 Å². The summed E-state index contributed by atoms with van der Waals surface area (Å²) in [6.07, 6.45) is 1.75. The number of morpholine rings is 1. The first-order valence-electron chi connectivity index (χ1n) is 11.0. The Kier molecular flexibility index (Phi) is 5.28. The summed E-state index contributed by atoms with van der Waals surface area (Å²) in [5.74, 6) is 0.413. The van der Waals surface area contributed by atoms with Gasteiger partial charge in [0.25, 0.3) is 5.91 Å². The van der Waals surface area contributed by atoms with Crippen molar-refractivity contribution in [2.75, 3.05) is 31.2 Å². The van der Waals surface area contributed by atoms with Crippen LogP contribution in [0.5, 0.6) is 0 Å². The summed E-state index contributed by atoms with van der Waals surface area (Å²) < 4.78 is 8.41. The second-order valence-electron chi connectivity index (χ2n) is 8.08. The molecule has 1 aliphatic rings. The van der Waals surface area contributed by atoms with Crippen LogP contribution in [0, 0.1) is 6.92 Å². The fourth-order valence-electron chi connectivity index (χ4n) is 4.29. The molecule has 34 heavy (non-hydrogen) atoms. The van der Waals surface area contributed by atoms with Gasteiger partial charge in [-0.25, -0.2) is 9.97 Å². The third-order valence-corrected chi connectivity index (χ3v) is 7.99. The lowest BCUT2D eigenvalue weighted by Crippen LogP contribution is -2.36. The van der Waals surface area contributed by atoms with E-state index in [0.29, 0.717) is 35.6 Å². The zero-order valence-corrected chi connectivity index (χ0v) is 20.0. The molecule has 10 heteroatoms. The number of pyridine rings is 2. The molecule has 172 valence electrons. The predicted molar refractivity (Wildman–Crippen MR) is 135 cm³/mol. The second kappa shape index (κ2) is 8.46. The number of anilines is 1. The van der Waals surface area contributed by atoms with E-state index in [2.05, 4.69) is 15.2 Å². The Morgan fingerprint density at radius 2 is 1.97 bits per heavy atom. The average molecular weight is 492 g/mol. The van der Waals surface area contributed by atoms with Crippen LogP contribution in [0.4, 0.5) is 5.82 Å². The molecule has 1 N–H and O–H groups in total. The number of aromatic nitrogens is 3. The first-order chi connectivity index (χ1) is 16.6. The number of fused-ring (bicyclic) bond motifs is 5. The van der Waals surface area contributed by atoms with E-state index in [1.165, 1.54) is 22.7 Å². The molecule has 1 fully saturated rings. The van der Waals surface area contributed by atoms with E-state index in [4.69, 9.17) is 9.72 Å². The number of ether oxygens (including phenoxy) is 1. The number of benzene rings is 1. The van der Waals surface area contributed by atoms with Crippen LogP contribution < -0.4 is 15.6 Å². The second-order valence-corrected chi connectivity index (χ2v) is 10.4. The Labute approximate surface area is 202 Å². The summed E-state index contributed by atoms with van der Waals surface area (Å²) in [5.41, 5.74) is 1.33. The van der Waals surface area contributed by atoms with Crippen LogP contribution in [-0.4, -0.2) is 46.6 Å². The number of thiazole rings is 2. The number of rotatable bonds is 4. The molecule has 0 unspecified atom stereocenters. The standard InChI is InChI=1S/C24H21N5O3S2/c1-14-25-12-15(33-14)13-26-23(31)20-21(30)16-6-7-19(28-8-10-32-11-9-28)27-22(16)29-17-4-2-3-5-18(17)34-24(20)29/h2-7,12H,8-11,13H2,1H3,(H,26,31). The van der Waals surface area contributed by atoms with Gasteiger partial charge in [-0.3, -0.25) is 14.0 Å². The van der Waals surface area contributed by atoms with Gasteiger partial charge >= 0.3 is 0 Å². The number of aryl methyl sites for hydroxylation is 1. The average Bonchev–Trinajstić information content (AvgIpc) is 3.46. The largest absolute Gasteiger partial charge is 0.378 e. The van der Waals surface area contributed by atoms with Crippen molar-refractivity contribution in [3.8, 4) is 0 Å². The van der Waals surface area contributed by atoms with Crippen molar-refractivity contribution in [1.82, 2.24) is 19.7 Å². The number of amides is 1. The molecule has 5 aromatic rings. The maximum Gasteiger partial charge on any atom is 0.258 e. The van der Waals surface area contributed by atoms with Gasteiger partial charge in [0, 0.05) is 24.2 Å². The molecule has 0 saturated carbocycles. The fraction of sp³-hybridized carbons (Fsp3) is 0.250. The molecule has 4 aromatic heterocycles. The Bertz CT molecular complexity index is 1610. The van der Waals surface area contributed by atoms with Gasteiger partial charge in [0.2, 0.25) is 5.43 Å². The highest BCUT2D eigenvalue weighted by molar-refractivity contribution is 7.24. The zero-order valence-electron chi connectivity index (χ0n) is 18.4. The van der Waals surface area contributed by atoms with Gasteiger partial charge in [-0.05, 0) is 31.2 Å². The van der Waals surface area contributed by atoms with E-state index in [9.17, 15) is 9.59 Å². The number of nitrogens with one attached hydrogen (secondary N) is 1. The fourth-order valence-corrected chi connectivity index (χ4v) is 6.21. The minimum Gasteiger partial charge on any atom is -0.378 e. The molecule has 0 bridgehead atoms. The molecule has 0 spiro atoms. The third kappa shape index (κ3) is 3.54. The summed E-state index contributed by atoms with van der Waals surface area (Å²) in [5, 5.41) is 4.28. The number of carbonyl (C=O) groups is 1. The lowest BCUT2D eigenvalue weighted by atomic mass is 10.1. The topological polar surface area (TPSA) is 88.8 Å². The summed E-state index contributed by atoms with van der Waals surface area (Å²) in [7, 11) is 0.